The number of benzene rings is 1. The van der Waals surface area contributed by atoms with E-state index in [1.54, 1.807) is 11.9 Å². The monoisotopic (exact) mass is 239 g/mol. The molecule has 0 fully saturated rings. The molecule has 1 amide bonds. The Morgan fingerprint density at radius 3 is 2.69 bits per heavy atom. The summed E-state index contributed by atoms with van der Waals surface area (Å²) in [6, 6.07) is 9.97. The van der Waals surface area contributed by atoms with Crippen molar-refractivity contribution in [1.82, 2.24) is 4.90 Å². The summed E-state index contributed by atoms with van der Waals surface area (Å²) >= 11 is 3.93. The second-order valence-electron chi connectivity index (χ2n) is 3.51. The normalized spacial score (nSPS) is 10.1. The van der Waals surface area contributed by atoms with Gasteiger partial charge in [-0.25, -0.2) is 0 Å². The van der Waals surface area contributed by atoms with Gasteiger partial charge in [-0.2, -0.15) is 12.6 Å². The first kappa shape index (κ1) is 13.1. The Morgan fingerprint density at radius 2 is 2.06 bits per heavy atom. The fraction of sp³-hybridized carbons (Fsp3) is 0.417. The Morgan fingerprint density at radius 1 is 1.38 bits per heavy atom. The van der Waals surface area contributed by atoms with Gasteiger partial charge >= 0.3 is 0 Å². The molecule has 0 aromatic heterocycles. The van der Waals surface area contributed by atoms with Crippen LogP contribution in [0.15, 0.2) is 30.3 Å². The molecule has 1 aromatic carbocycles. The lowest BCUT2D eigenvalue weighted by molar-refractivity contribution is -0.127. The van der Waals surface area contributed by atoms with Gasteiger partial charge in [0.1, 0.15) is 0 Å². The van der Waals surface area contributed by atoms with Crippen LogP contribution < -0.4 is 0 Å². The van der Waals surface area contributed by atoms with Crippen molar-refractivity contribution in [1.29, 1.82) is 0 Å². The molecule has 88 valence electrons. The average Bonchev–Trinajstić information content (AvgIpc) is 2.34. The molecule has 1 aromatic rings. The van der Waals surface area contributed by atoms with Crippen LogP contribution in [0.3, 0.4) is 0 Å². The van der Waals surface area contributed by atoms with Crippen molar-refractivity contribution in [2.75, 3.05) is 26.0 Å². The predicted octanol–water partition coefficient (Wildman–Crippen LogP) is 1.59. The number of hydrogen-bond acceptors (Lipinski definition) is 3. The molecular weight excluding hydrogens is 222 g/mol. The van der Waals surface area contributed by atoms with E-state index in [1.807, 2.05) is 30.3 Å². The number of carbonyl (C=O) groups is 1. The van der Waals surface area contributed by atoms with E-state index < -0.39 is 0 Å². The minimum Gasteiger partial charge on any atom is -0.375 e. The predicted molar refractivity (Wildman–Crippen MR) is 67.6 cm³/mol. The molecule has 0 heterocycles. The lowest BCUT2D eigenvalue weighted by atomic mass is 10.2. The van der Waals surface area contributed by atoms with E-state index in [9.17, 15) is 4.79 Å². The molecule has 0 aliphatic carbocycles. The zero-order chi connectivity index (χ0) is 11.8. The summed E-state index contributed by atoms with van der Waals surface area (Å²) in [5, 5.41) is 0. The summed E-state index contributed by atoms with van der Waals surface area (Å²) in [6.07, 6.45) is 0. The Bertz CT molecular complexity index is 316. The molecule has 0 saturated carbocycles. The number of hydrogen-bond donors (Lipinski definition) is 1. The summed E-state index contributed by atoms with van der Waals surface area (Å²) in [6.45, 7) is 1.74. The van der Waals surface area contributed by atoms with E-state index in [4.69, 9.17) is 4.74 Å². The molecule has 4 heteroatoms. The Balaban J connectivity index is 2.15. The molecule has 1 rings (SSSR count). The number of likely N-dealkylation sites (N-methyl/N-ethyl adjacent to an activating group) is 1. The van der Waals surface area contributed by atoms with Crippen LogP contribution >= 0.6 is 12.6 Å². The van der Waals surface area contributed by atoms with E-state index in [2.05, 4.69) is 12.6 Å². The number of amides is 1. The van der Waals surface area contributed by atoms with Crippen LogP contribution in [0.5, 0.6) is 0 Å². The van der Waals surface area contributed by atoms with Crippen molar-refractivity contribution in [3.05, 3.63) is 35.9 Å². The first-order valence-electron chi connectivity index (χ1n) is 5.20. The average molecular weight is 239 g/mol. The Hall–Kier alpha value is -1.000. The highest BCUT2D eigenvalue weighted by Gasteiger charge is 2.04. The number of thiol groups is 1. The first-order valence-corrected chi connectivity index (χ1v) is 5.83. The number of nitrogens with zero attached hydrogens (tertiary/aromatic N) is 1. The van der Waals surface area contributed by atoms with Gasteiger partial charge in [0.25, 0.3) is 0 Å². The maximum absolute atomic E-state index is 11.2. The van der Waals surface area contributed by atoms with E-state index in [0.29, 0.717) is 19.8 Å². The molecule has 0 atom stereocenters. The third-order valence-corrected chi connectivity index (χ3v) is 2.51. The van der Waals surface area contributed by atoms with Gasteiger partial charge in [-0.1, -0.05) is 30.3 Å². The highest BCUT2D eigenvalue weighted by molar-refractivity contribution is 7.81. The Kier molecular flexibility index (Phi) is 5.96. The standard InChI is InChI=1S/C12H17NO2S/c1-13(12(14)10-16)7-8-15-9-11-5-3-2-4-6-11/h2-6,16H,7-10H2,1H3. The molecule has 16 heavy (non-hydrogen) atoms. The molecule has 3 nitrogen and oxygen atoms in total. The second kappa shape index (κ2) is 7.30. The van der Waals surface area contributed by atoms with Gasteiger partial charge < -0.3 is 9.64 Å². The van der Waals surface area contributed by atoms with Crippen LogP contribution in [0.25, 0.3) is 0 Å². The Labute approximate surface area is 102 Å². The van der Waals surface area contributed by atoms with Crippen molar-refractivity contribution in [2.24, 2.45) is 0 Å². The van der Waals surface area contributed by atoms with Crippen LogP contribution in [-0.4, -0.2) is 36.8 Å². The van der Waals surface area contributed by atoms with Crippen molar-refractivity contribution in [2.45, 2.75) is 6.61 Å². The van der Waals surface area contributed by atoms with E-state index in [-0.39, 0.29) is 11.7 Å². The fourth-order valence-electron chi connectivity index (χ4n) is 1.21. The number of ether oxygens (including phenoxy) is 1. The number of carbonyl (C=O) groups excluding carboxylic acids is 1. The molecular formula is C12H17NO2S. The smallest absolute Gasteiger partial charge is 0.232 e. The largest absolute Gasteiger partial charge is 0.375 e. The van der Waals surface area contributed by atoms with Gasteiger partial charge in [0.2, 0.25) is 5.91 Å². The van der Waals surface area contributed by atoms with Gasteiger partial charge in [-0.05, 0) is 5.56 Å². The topological polar surface area (TPSA) is 29.5 Å². The zero-order valence-electron chi connectivity index (χ0n) is 9.43. The minimum absolute atomic E-state index is 0.0200. The van der Waals surface area contributed by atoms with Crippen LogP contribution in [0, 0.1) is 0 Å². The molecule has 0 N–H and O–H groups in total. The van der Waals surface area contributed by atoms with Gasteiger partial charge in [0.15, 0.2) is 0 Å². The molecule has 0 radical (unpaired) electrons. The first-order chi connectivity index (χ1) is 7.74. The molecule has 0 bridgehead atoms. The maximum atomic E-state index is 11.2. The fourth-order valence-corrected chi connectivity index (χ4v) is 1.45. The van der Waals surface area contributed by atoms with Gasteiger partial charge in [-0.3, -0.25) is 4.79 Å². The number of rotatable bonds is 6. The van der Waals surface area contributed by atoms with Gasteiger partial charge in [0, 0.05) is 13.6 Å². The summed E-state index contributed by atoms with van der Waals surface area (Å²) in [4.78, 5) is 12.8. The van der Waals surface area contributed by atoms with Crippen molar-refractivity contribution in [3.8, 4) is 0 Å². The highest BCUT2D eigenvalue weighted by atomic mass is 32.1. The summed E-state index contributed by atoms with van der Waals surface area (Å²) in [5.41, 5.74) is 1.14. The third-order valence-electron chi connectivity index (χ3n) is 2.24. The maximum Gasteiger partial charge on any atom is 0.232 e. The van der Waals surface area contributed by atoms with E-state index in [1.165, 1.54) is 0 Å². The molecule has 0 unspecified atom stereocenters. The van der Waals surface area contributed by atoms with E-state index >= 15 is 0 Å². The van der Waals surface area contributed by atoms with Crippen molar-refractivity contribution >= 4 is 18.5 Å². The van der Waals surface area contributed by atoms with E-state index in [0.717, 1.165) is 5.56 Å². The highest BCUT2D eigenvalue weighted by Crippen LogP contribution is 2.00. The zero-order valence-corrected chi connectivity index (χ0v) is 10.3. The molecule has 0 spiro atoms. The second-order valence-corrected chi connectivity index (χ2v) is 3.83. The van der Waals surface area contributed by atoms with Gasteiger partial charge in [-0.15, -0.1) is 0 Å². The van der Waals surface area contributed by atoms with Crippen molar-refractivity contribution < 1.29 is 9.53 Å². The van der Waals surface area contributed by atoms with Gasteiger partial charge in [0.05, 0.1) is 19.0 Å². The third kappa shape index (κ3) is 4.68. The lowest BCUT2D eigenvalue weighted by Crippen LogP contribution is -2.30. The van der Waals surface area contributed by atoms with Crippen LogP contribution in [0.1, 0.15) is 5.56 Å². The molecule has 0 aliphatic rings. The molecule has 0 aliphatic heterocycles. The lowest BCUT2D eigenvalue weighted by Gasteiger charge is -2.15. The van der Waals surface area contributed by atoms with Crippen molar-refractivity contribution in [3.63, 3.8) is 0 Å². The summed E-state index contributed by atoms with van der Waals surface area (Å²) in [5.74, 6) is 0.265. The van der Waals surface area contributed by atoms with Crippen LogP contribution in [-0.2, 0) is 16.1 Å². The SMILES string of the molecule is CN(CCOCc1ccccc1)C(=O)CS. The summed E-state index contributed by atoms with van der Waals surface area (Å²) in [7, 11) is 1.75. The summed E-state index contributed by atoms with van der Waals surface area (Å²) < 4.78 is 5.47. The van der Waals surface area contributed by atoms with Crippen LogP contribution in [0.4, 0.5) is 0 Å². The quantitative estimate of drug-likeness (QED) is 0.603. The minimum atomic E-state index is 0.0200. The molecule has 0 saturated heterocycles. The van der Waals surface area contributed by atoms with Crippen LogP contribution in [0.2, 0.25) is 0 Å².